The number of benzene rings is 1. The summed E-state index contributed by atoms with van der Waals surface area (Å²) in [6, 6.07) is 4.15. The zero-order valence-corrected chi connectivity index (χ0v) is 8.60. The molecule has 0 aliphatic heterocycles. The standard InChI is InChI=1S/C11H9F5O/c1-2-7-17-9-6-4-3-5-8(9)10(12,13)11(14,15)16/h2-6H,1,7H2. The lowest BCUT2D eigenvalue weighted by molar-refractivity contribution is -0.289. The summed E-state index contributed by atoms with van der Waals surface area (Å²) >= 11 is 0. The van der Waals surface area contributed by atoms with E-state index in [9.17, 15) is 22.0 Å². The largest absolute Gasteiger partial charge is 0.489 e. The Morgan fingerprint density at radius 1 is 1.12 bits per heavy atom. The number of hydrogen-bond donors (Lipinski definition) is 0. The molecule has 0 saturated carbocycles. The first-order valence-electron chi connectivity index (χ1n) is 4.58. The lowest BCUT2D eigenvalue weighted by atomic mass is 10.1. The maximum Gasteiger partial charge on any atom is 0.458 e. The molecule has 0 amide bonds. The molecule has 0 aromatic heterocycles. The number of rotatable bonds is 4. The van der Waals surface area contributed by atoms with Crippen molar-refractivity contribution in [2.24, 2.45) is 0 Å². The van der Waals surface area contributed by atoms with Gasteiger partial charge in [0.05, 0.1) is 5.56 Å². The third kappa shape index (κ3) is 2.75. The van der Waals surface area contributed by atoms with E-state index in [-0.39, 0.29) is 6.61 Å². The third-order valence-electron chi connectivity index (χ3n) is 1.94. The van der Waals surface area contributed by atoms with Crippen molar-refractivity contribution in [1.82, 2.24) is 0 Å². The molecule has 1 nitrogen and oxygen atoms in total. The minimum Gasteiger partial charge on any atom is -0.489 e. The molecule has 0 heterocycles. The number of hydrogen-bond acceptors (Lipinski definition) is 1. The molecule has 0 atom stereocenters. The Balaban J connectivity index is 3.16. The Morgan fingerprint density at radius 2 is 1.71 bits per heavy atom. The van der Waals surface area contributed by atoms with Gasteiger partial charge in [-0.2, -0.15) is 22.0 Å². The van der Waals surface area contributed by atoms with Crippen molar-refractivity contribution in [1.29, 1.82) is 0 Å². The Bertz CT molecular complexity index is 397. The Morgan fingerprint density at radius 3 is 2.24 bits per heavy atom. The molecular formula is C11H9F5O. The summed E-state index contributed by atoms with van der Waals surface area (Å²) in [5.74, 6) is -5.44. The van der Waals surface area contributed by atoms with Crippen molar-refractivity contribution >= 4 is 0 Å². The van der Waals surface area contributed by atoms with Crippen LogP contribution in [0.1, 0.15) is 5.56 Å². The van der Waals surface area contributed by atoms with Gasteiger partial charge in [-0.3, -0.25) is 0 Å². The van der Waals surface area contributed by atoms with Crippen LogP contribution in [0.5, 0.6) is 5.75 Å². The molecule has 17 heavy (non-hydrogen) atoms. The van der Waals surface area contributed by atoms with Crippen LogP contribution in [-0.4, -0.2) is 12.8 Å². The average molecular weight is 252 g/mol. The summed E-state index contributed by atoms with van der Waals surface area (Å²) in [7, 11) is 0. The minimum atomic E-state index is -5.65. The molecule has 6 heteroatoms. The fraction of sp³-hybridized carbons (Fsp3) is 0.273. The molecule has 1 aromatic carbocycles. The van der Waals surface area contributed by atoms with Crippen molar-refractivity contribution in [2.75, 3.05) is 6.61 Å². The van der Waals surface area contributed by atoms with Gasteiger partial charge < -0.3 is 4.74 Å². The number of alkyl halides is 5. The average Bonchev–Trinajstić information content (AvgIpc) is 2.25. The van der Waals surface area contributed by atoms with Crippen molar-refractivity contribution in [3.05, 3.63) is 42.5 Å². The van der Waals surface area contributed by atoms with Crippen LogP contribution >= 0.6 is 0 Å². The van der Waals surface area contributed by atoms with Crippen LogP contribution in [0.3, 0.4) is 0 Å². The van der Waals surface area contributed by atoms with Crippen molar-refractivity contribution in [3.63, 3.8) is 0 Å². The van der Waals surface area contributed by atoms with Crippen LogP contribution in [0.2, 0.25) is 0 Å². The fourth-order valence-electron chi connectivity index (χ4n) is 1.15. The molecule has 0 fully saturated rings. The molecule has 0 aliphatic carbocycles. The summed E-state index contributed by atoms with van der Waals surface area (Å²) in [6.45, 7) is 3.13. The lowest BCUT2D eigenvalue weighted by Gasteiger charge is -2.22. The van der Waals surface area contributed by atoms with Gasteiger partial charge in [-0.25, -0.2) is 0 Å². The summed E-state index contributed by atoms with van der Waals surface area (Å²) in [4.78, 5) is 0. The first kappa shape index (κ1) is 13.5. The van der Waals surface area contributed by atoms with Crippen LogP contribution < -0.4 is 4.74 Å². The molecule has 0 radical (unpaired) electrons. The second-order valence-electron chi connectivity index (χ2n) is 3.17. The second-order valence-corrected chi connectivity index (χ2v) is 3.17. The Labute approximate surface area is 94.5 Å². The highest BCUT2D eigenvalue weighted by Gasteiger charge is 2.59. The van der Waals surface area contributed by atoms with Gasteiger partial charge in [0, 0.05) is 0 Å². The number of halogens is 5. The van der Waals surface area contributed by atoms with E-state index in [4.69, 9.17) is 4.74 Å². The Hall–Kier alpha value is -1.59. The quantitative estimate of drug-likeness (QED) is 0.583. The van der Waals surface area contributed by atoms with Crippen LogP contribution in [0.4, 0.5) is 22.0 Å². The molecule has 0 unspecified atom stereocenters. The minimum absolute atomic E-state index is 0.148. The number of para-hydroxylation sites is 1. The van der Waals surface area contributed by atoms with Gasteiger partial charge in [0.15, 0.2) is 0 Å². The fourth-order valence-corrected chi connectivity index (χ4v) is 1.15. The predicted octanol–water partition coefficient (Wildman–Crippen LogP) is 3.91. The maximum absolute atomic E-state index is 13.1. The lowest BCUT2D eigenvalue weighted by Crippen LogP contribution is -2.34. The van der Waals surface area contributed by atoms with E-state index in [0.29, 0.717) is 6.07 Å². The number of ether oxygens (including phenoxy) is 1. The molecule has 0 bridgehead atoms. The molecule has 0 aliphatic rings. The van der Waals surface area contributed by atoms with Gasteiger partial charge in [-0.1, -0.05) is 24.8 Å². The van der Waals surface area contributed by atoms with E-state index >= 15 is 0 Å². The monoisotopic (exact) mass is 252 g/mol. The van der Waals surface area contributed by atoms with Gasteiger partial charge >= 0.3 is 12.1 Å². The van der Waals surface area contributed by atoms with Crippen molar-refractivity contribution in [2.45, 2.75) is 12.1 Å². The molecule has 1 rings (SSSR count). The van der Waals surface area contributed by atoms with E-state index in [1.54, 1.807) is 0 Å². The van der Waals surface area contributed by atoms with E-state index in [2.05, 4.69) is 6.58 Å². The highest BCUT2D eigenvalue weighted by Crippen LogP contribution is 2.46. The second kappa shape index (κ2) is 4.73. The van der Waals surface area contributed by atoms with E-state index in [0.717, 1.165) is 12.1 Å². The van der Waals surface area contributed by atoms with Gasteiger partial charge in [-0.15, -0.1) is 0 Å². The molecule has 94 valence electrons. The van der Waals surface area contributed by atoms with E-state index < -0.39 is 23.4 Å². The normalized spacial score (nSPS) is 12.3. The smallest absolute Gasteiger partial charge is 0.458 e. The van der Waals surface area contributed by atoms with Gasteiger partial charge in [-0.05, 0) is 12.1 Å². The zero-order chi connectivity index (χ0) is 13.1. The molecule has 0 N–H and O–H groups in total. The van der Waals surface area contributed by atoms with Crippen molar-refractivity contribution < 1.29 is 26.7 Å². The highest BCUT2D eigenvalue weighted by atomic mass is 19.4. The predicted molar refractivity (Wildman–Crippen MR) is 52.1 cm³/mol. The highest BCUT2D eigenvalue weighted by molar-refractivity contribution is 5.37. The topological polar surface area (TPSA) is 9.23 Å². The molecule has 0 saturated heterocycles. The molecule has 0 spiro atoms. The van der Waals surface area contributed by atoms with E-state index in [1.807, 2.05) is 0 Å². The molecular weight excluding hydrogens is 243 g/mol. The Kier molecular flexibility index (Phi) is 3.75. The summed E-state index contributed by atoms with van der Waals surface area (Å²) in [5, 5.41) is 0. The van der Waals surface area contributed by atoms with Crippen LogP contribution in [-0.2, 0) is 5.92 Å². The first-order valence-corrected chi connectivity index (χ1v) is 4.58. The zero-order valence-electron chi connectivity index (χ0n) is 8.60. The van der Waals surface area contributed by atoms with Gasteiger partial charge in [0.25, 0.3) is 0 Å². The summed E-state index contributed by atoms with van der Waals surface area (Å²) in [6.07, 6.45) is -4.40. The van der Waals surface area contributed by atoms with Gasteiger partial charge in [0.1, 0.15) is 12.4 Å². The summed E-state index contributed by atoms with van der Waals surface area (Å²) < 4.78 is 67.6. The SMILES string of the molecule is C=CCOc1ccccc1C(F)(F)C(F)(F)F. The molecule has 1 aromatic rings. The third-order valence-corrected chi connectivity index (χ3v) is 1.94. The van der Waals surface area contributed by atoms with E-state index in [1.165, 1.54) is 12.1 Å². The van der Waals surface area contributed by atoms with Crippen LogP contribution in [0.15, 0.2) is 36.9 Å². The van der Waals surface area contributed by atoms with Crippen LogP contribution in [0, 0.1) is 0 Å². The maximum atomic E-state index is 13.1. The van der Waals surface area contributed by atoms with Crippen molar-refractivity contribution in [3.8, 4) is 5.75 Å². The van der Waals surface area contributed by atoms with Crippen LogP contribution in [0.25, 0.3) is 0 Å². The first-order chi connectivity index (χ1) is 7.80. The van der Waals surface area contributed by atoms with Gasteiger partial charge in [0.2, 0.25) is 0 Å². The summed E-state index contributed by atoms with van der Waals surface area (Å²) in [5.41, 5.74) is -1.20.